The molecule has 0 atom stereocenters. The SMILES string of the molecule is O=C(Cn1nc(-c2ccco2)oc1=O)N1CCCCCC1. The lowest BCUT2D eigenvalue weighted by molar-refractivity contribution is -0.132. The Morgan fingerprint density at radius 1 is 1.24 bits per heavy atom. The molecular weight excluding hydrogens is 274 g/mol. The number of rotatable bonds is 3. The van der Waals surface area contributed by atoms with E-state index in [-0.39, 0.29) is 18.3 Å². The van der Waals surface area contributed by atoms with Crippen molar-refractivity contribution in [3.8, 4) is 11.7 Å². The first kappa shape index (κ1) is 13.7. The summed E-state index contributed by atoms with van der Waals surface area (Å²) in [4.78, 5) is 25.8. The van der Waals surface area contributed by atoms with Crippen molar-refractivity contribution in [3.05, 3.63) is 28.9 Å². The van der Waals surface area contributed by atoms with Crippen LogP contribution in [0.2, 0.25) is 0 Å². The lowest BCUT2D eigenvalue weighted by Crippen LogP contribution is -2.36. The highest BCUT2D eigenvalue weighted by Crippen LogP contribution is 2.15. The second kappa shape index (κ2) is 5.99. The van der Waals surface area contributed by atoms with Gasteiger partial charge in [0.2, 0.25) is 5.91 Å². The quantitative estimate of drug-likeness (QED) is 0.856. The lowest BCUT2D eigenvalue weighted by atomic mass is 10.2. The highest BCUT2D eigenvalue weighted by atomic mass is 16.4. The molecule has 1 amide bonds. The van der Waals surface area contributed by atoms with E-state index in [1.165, 1.54) is 6.26 Å². The number of hydrogen-bond donors (Lipinski definition) is 0. The van der Waals surface area contributed by atoms with E-state index in [0.717, 1.165) is 43.5 Å². The fourth-order valence-corrected chi connectivity index (χ4v) is 2.45. The van der Waals surface area contributed by atoms with Crippen molar-refractivity contribution < 1.29 is 13.6 Å². The number of nitrogens with zero attached hydrogens (tertiary/aromatic N) is 3. The minimum atomic E-state index is -0.649. The molecule has 2 aromatic rings. The molecule has 0 aliphatic carbocycles. The first-order chi connectivity index (χ1) is 10.2. The van der Waals surface area contributed by atoms with Gasteiger partial charge in [0, 0.05) is 13.1 Å². The van der Waals surface area contributed by atoms with Crippen molar-refractivity contribution in [2.45, 2.75) is 32.2 Å². The largest absolute Gasteiger partial charge is 0.459 e. The number of aromatic nitrogens is 2. The maximum atomic E-state index is 12.2. The Balaban J connectivity index is 1.72. The van der Waals surface area contributed by atoms with Crippen molar-refractivity contribution in [1.82, 2.24) is 14.7 Å². The summed E-state index contributed by atoms with van der Waals surface area (Å²) < 4.78 is 11.2. The van der Waals surface area contributed by atoms with Crippen LogP contribution in [0.5, 0.6) is 0 Å². The third kappa shape index (κ3) is 3.07. The maximum absolute atomic E-state index is 12.2. The summed E-state index contributed by atoms with van der Waals surface area (Å²) in [5, 5.41) is 4.01. The van der Waals surface area contributed by atoms with Crippen LogP contribution in [-0.4, -0.2) is 33.7 Å². The van der Waals surface area contributed by atoms with Gasteiger partial charge in [-0.2, -0.15) is 4.68 Å². The predicted octanol–water partition coefficient (Wildman–Crippen LogP) is 1.50. The molecule has 1 aliphatic heterocycles. The van der Waals surface area contributed by atoms with Crippen molar-refractivity contribution in [3.63, 3.8) is 0 Å². The Labute approximate surface area is 121 Å². The summed E-state index contributed by atoms with van der Waals surface area (Å²) in [5.41, 5.74) is 0. The third-order valence-corrected chi connectivity index (χ3v) is 3.58. The minimum absolute atomic E-state index is 0.0914. The van der Waals surface area contributed by atoms with Gasteiger partial charge < -0.3 is 13.7 Å². The molecule has 0 aromatic carbocycles. The van der Waals surface area contributed by atoms with Crippen LogP contribution in [-0.2, 0) is 11.3 Å². The number of carbonyl (C=O) groups is 1. The third-order valence-electron chi connectivity index (χ3n) is 3.58. The smallest absolute Gasteiger partial charge is 0.437 e. The standard InChI is InChI=1S/C14H17N3O4/c18-12(16-7-3-1-2-4-8-16)10-17-14(19)21-13(15-17)11-6-5-9-20-11/h5-6,9H,1-4,7-8,10H2. The summed E-state index contributed by atoms with van der Waals surface area (Å²) in [6.07, 6.45) is 5.79. The molecule has 21 heavy (non-hydrogen) atoms. The van der Waals surface area contributed by atoms with E-state index in [4.69, 9.17) is 8.83 Å². The molecule has 0 spiro atoms. The van der Waals surface area contributed by atoms with Crippen LogP contribution >= 0.6 is 0 Å². The Bertz CT molecular complexity index is 648. The molecule has 112 valence electrons. The van der Waals surface area contributed by atoms with Crippen LogP contribution in [0.4, 0.5) is 0 Å². The zero-order valence-electron chi connectivity index (χ0n) is 11.7. The Morgan fingerprint density at radius 2 is 2.00 bits per heavy atom. The van der Waals surface area contributed by atoms with Crippen molar-refractivity contribution >= 4 is 5.91 Å². The highest BCUT2D eigenvalue weighted by Gasteiger charge is 2.19. The molecule has 0 saturated carbocycles. The van der Waals surface area contributed by atoms with E-state index < -0.39 is 5.76 Å². The molecule has 1 fully saturated rings. The van der Waals surface area contributed by atoms with Gasteiger partial charge in [0.25, 0.3) is 5.89 Å². The Kier molecular flexibility index (Phi) is 3.89. The zero-order chi connectivity index (χ0) is 14.7. The molecule has 2 aromatic heterocycles. The van der Waals surface area contributed by atoms with E-state index in [0.29, 0.717) is 5.76 Å². The molecule has 1 saturated heterocycles. The number of amides is 1. The van der Waals surface area contributed by atoms with Gasteiger partial charge in [-0.15, -0.1) is 5.10 Å². The second-order valence-corrected chi connectivity index (χ2v) is 5.10. The number of likely N-dealkylation sites (tertiary alicyclic amines) is 1. The van der Waals surface area contributed by atoms with Crippen molar-refractivity contribution in [2.75, 3.05) is 13.1 Å². The average molecular weight is 291 g/mol. The van der Waals surface area contributed by atoms with Gasteiger partial charge in [-0.3, -0.25) is 4.79 Å². The summed E-state index contributed by atoms with van der Waals surface area (Å²) in [5.74, 6) is -0.287. The minimum Gasteiger partial charge on any atom is -0.459 e. The van der Waals surface area contributed by atoms with Crippen molar-refractivity contribution in [1.29, 1.82) is 0 Å². The van der Waals surface area contributed by atoms with Gasteiger partial charge >= 0.3 is 5.76 Å². The summed E-state index contributed by atoms with van der Waals surface area (Å²) >= 11 is 0. The van der Waals surface area contributed by atoms with Crippen LogP contribution in [0, 0.1) is 0 Å². The van der Waals surface area contributed by atoms with Crippen LogP contribution in [0.25, 0.3) is 11.7 Å². The summed E-state index contributed by atoms with van der Waals surface area (Å²) in [6.45, 7) is 1.40. The van der Waals surface area contributed by atoms with E-state index in [2.05, 4.69) is 5.10 Å². The van der Waals surface area contributed by atoms with E-state index in [1.54, 1.807) is 17.0 Å². The summed E-state index contributed by atoms with van der Waals surface area (Å²) in [7, 11) is 0. The molecule has 0 radical (unpaired) electrons. The monoisotopic (exact) mass is 291 g/mol. The second-order valence-electron chi connectivity index (χ2n) is 5.10. The van der Waals surface area contributed by atoms with E-state index >= 15 is 0 Å². The molecule has 0 N–H and O–H groups in total. The Morgan fingerprint density at radius 3 is 2.67 bits per heavy atom. The van der Waals surface area contributed by atoms with Crippen LogP contribution < -0.4 is 5.76 Å². The lowest BCUT2D eigenvalue weighted by Gasteiger charge is -2.19. The molecular formula is C14H17N3O4. The predicted molar refractivity (Wildman–Crippen MR) is 73.5 cm³/mol. The van der Waals surface area contributed by atoms with Crippen LogP contribution in [0.15, 0.2) is 32.0 Å². The molecule has 3 heterocycles. The number of furan rings is 1. The normalized spacial score (nSPS) is 15.9. The van der Waals surface area contributed by atoms with Crippen LogP contribution in [0.1, 0.15) is 25.7 Å². The fourth-order valence-electron chi connectivity index (χ4n) is 2.45. The molecule has 7 heteroatoms. The molecule has 1 aliphatic rings. The van der Waals surface area contributed by atoms with E-state index in [1.807, 2.05) is 0 Å². The van der Waals surface area contributed by atoms with Gasteiger partial charge in [0.05, 0.1) is 6.26 Å². The number of hydrogen-bond acceptors (Lipinski definition) is 5. The first-order valence-corrected chi connectivity index (χ1v) is 7.13. The molecule has 7 nitrogen and oxygen atoms in total. The number of carbonyl (C=O) groups excluding carboxylic acids is 1. The first-order valence-electron chi connectivity index (χ1n) is 7.13. The fraction of sp³-hybridized carbons (Fsp3) is 0.500. The maximum Gasteiger partial charge on any atom is 0.437 e. The Hall–Kier alpha value is -2.31. The molecule has 0 bridgehead atoms. The topological polar surface area (TPSA) is 81.5 Å². The summed E-state index contributed by atoms with van der Waals surface area (Å²) in [6, 6.07) is 3.32. The van der Waals surface area contributed by atoms with Gasteiger partial charge in [-0.1, -0.05) is 12.8 Å². The molecule has 0 unspecified atom stereocenters. The average Bonchev–Trinajstić information content (AvgIpc) is 3.02. The molecule has 3 rings (SSSR count). The van der Waals surface area contributed by atoms with Gasteiger partial charge in [-0.05, 0) is 25.0 Å². The zero-order valence-corrected chi connectivity index (χ0v) is 11.7. The van der Waals surface area contributed by atoms with Gasteiger partial charge in [0.1, 0.15) is 6.54 Å². The highest BCUT2D eigenvalue weighted by molar-refractivity contribution is 5.75. The van der Waals surface area contributed by atoms with Gasteiger partial charge in [0.15, 0.2) is 5.76 Å². The van der Waals surface area contributed by atoms with Gasteiger partial charge in [-0.25, -0.2) is 4.79 Å². The van der Waals surface area contributed by atoms with Crippen LogP contribution in [0.3, 0.4) is 0 Å². The van der Waals surface area contributed by atoms with E-state index in [9.17, 15) is 9.59 Å². The van der Waals surface area contributed by atoms with Crippen molar-refractivity contribution in [2.24, 2.45) is 0 Å².